The van der Waals surface area contributed by atoms with E-state index in [9.17, 15) is 13.7 Å². The highest BCUT2D eigenvalue weighted by Gasteiger charge is 2.21. The van der Waals surface area contributed by atoms with Crippen LogP contribution in [0.2, 0.25) is 0 Å². The zero-order valence-corrected chi connectivity index (χ0v) is 10.1. The van der Waals surface area contributed by atoms with E-state index in [0.717, 1.165) is 13.0 Å². The second-order valence-electron chi connectivity index (χ2n) is 4.63. The quantitative estimate of drug-likeness (QED) is 0.868. The van der Waals surface area contributed by atoms with E-state index in [1.807, 2.05) is 0 Å². The van der Waals surface area contributed by atoms with Gasteiger partial charge < -0.3 is 10.6 Å². The summed E-state index contributed by atoms with van der Waals surface area (Å²) in [5.74, 6) is -1.08. The molecule has 6 heteroatoms. The highest BCUT2D eigenvalue weighted by molar-refractivity contribution is 5.91. The van der Waals surface area contributed by atoms with Crippen molar-refractivity contribution in [3.8, 4) is 0 Å². The number of nitrogens with one attached hydrogen (secondary N) is 2. The molecule has 1 aromatic heterocycles. The first-order valence-electron chi connectivity index (χ1n) is 6.15. The third kappa shape index (κ3) is 1.98. The molecule has 0 radical (unpaired) electrons. The number of hydrogen-bond donors (Lipinski definition) is 2. The van der Waals surface area contributed by atoms with Crippen molar-refractivity contribution >= 4 is 16.6 Å². The lowest BCUT2D eigenvalue weighted by Gasteiger charge is -2.16. The summed E-state index contributed by atoms with van der Waals surface area (Å²) in [6.07, 6.45) is 0.840. The van der Waals surface area contributed by atoms with Crippen molar-refractivity contribution < 1.29 is 8.87 Å². The van der Waals surface area contributed by atoms with E-state index >= 15 is 0 Å². The van der Waals surface area contributed by atoms with Gasteiger partial charge in [-0.05, 0) is 19.0 Å². The van der Waals surface area contributed by atoms with Gasteiger partial charge in [0.1, 0.15) is 0 Å². The lowest BCUT2D eigenvalue weighted by atomic mass is 10.1. The third-order valence-electron chi connectivity index (χ3n) is 3.38. The molecule has 1 aliphatic heterocycles. The molecule has 1 saturated heterocycles. The van der Waals surface area contributed by atoms with Crippen LogP contribution in [0.5, 0.6) is 0 Å². The van der Waals surface area contributed by atoms with Crippen molar-refractivity contribution in [3.05, 3.63) is 40.4 Å². The van der Waals surface area contributed by atoms with Crippen molar-refractivity contribution in [2.45, 2.75) is 12.5 Å². The molecule has 3 rings (SSSR count). The summed E-state index contributed by atoms with van der Waals surface area (Å²) < 4.78 is 27.7. The summed E-state index contributed by atoms with van der Waals surface area (Å²) in [5, 5.41) is 6.52. The van der Waals surface area contributed by atoms with Crippen molar-refractivity contribution in [3.63, 3.8) is 0 Å². The number of anilines is 1. The van der Waals surface area contributed by atoms with Crippen LogP contribution >= 0.6 is 0 Å². The van der Waals surface area contributed by atoms with E-state index in [1.165, 1.54) is 6.07 Å². The minimum Gasteiger partial charge on any atom is -0.378 e. The highest BCUT2D eigenvalue weighted by Crippen LogP contribution is 2.25. The van der Waals surface area contributed by atoms with Gasteiger partial charge in [-0.3, -0.25) is 4.79 Å². The molecule has 1 aliphatic rings. The van der Waals surface area contributed by atoms with Crippen LogP contribution in [0.25, 0.3) is 10.9 Å². The normalized spacial score (nSPS) is 18.9. The van der Waals surface area contributed by atoms with Gasteiger partial charge in [0.2, 0.25) is 5.82 Å². The Bertz CT molecular complexity index is 677. The Labute approximate surface area is 108 Å². The van der Waals surface area contributed by atoms with Gasteiger partial charge in [0.25, 0.3) is 0 Å². The smallest absolute Gasteiger partial charge is 0.317 e. The molecule has 2 heterocycles. The molecule has 0 amide bonds. The zero-order valence-electron chi connectivity index (χ0n) is 10.1. The summed E-state index contributed by atoms with van der Waals surface area (Å²) in [6, 6.07) is 6.39. The van der Waals surface area contributed by atoms with Gasteiger partial charge in [0.05, 0.1) is 11.2 Å². The molecule has 1 unspecified atom stereocenters. The minimum absolute atomic E-state index is 0.0489. The summed E-state index contributed by atoms with van der Waals surface area (Å²) in [7, 11) is 0. The average molecular weight is 265 g/mol. The number of benzene rings is 1. The number of para-hydroxylation sites is 1. The largest absolute Gasteiger partial charge is 0.378 e. The summed E-state index contributed by atoms with van der Waals surface area (Å²) in [5.41, 5.74) is -1.10. The number of fused-ring (bicyclic) bond motifs is 1. The van der Waals surface area contributed by atoms with Crippen LogP contribution in [0.1, 0.15) is 6.42 Å². The van der Waals surface area contributed by atoms with Crippen molar-refractivity contribution in [1.29, 1.82) is 0 Å². The van der Waals surface area contributed by atoms with E-state index in [1.54, 1.807) is 18.2 Å². The Morgan fingerprint density at radius 3 is 2.89 bits per heavy atom. The molecule has 2 aromatic rings. The molecule has 1 fully saturated rings. The van der Waals surface area contributed by atoms with Crippen molar-refractivity contribution in [2.75, 3.05) is 18.4 Å². The first-order valence-corrected chi connectivity index (χ1v) is 6.15. The Hall–Kier alpha value is -1.95. The highest BCUT2D eigenvalue weighted by atomic mass is 19.2. The maximum atomic E-state index is 14.0. The summed E-state index contributed by atoms with van der Waals surface area (Å²) in [4.78, 5) is 11.4. The number of rotatable bonds is 2. The summed E-state index contributed by atoms with van der Waals surface area (Å²) in [6.45, 7) is 1.55. The molecular weight excluding hydrogens is 252 g/mol. The summed E-state index contributed by atoms with van der Waals surface area (Å²) >= 11 is 0. The second kappa shape index (κ2) is 4.62. The minimum atomic E-state index is -1.26. The van der Waals surface area contributed by atoms with E-state index in [0.29, 0.717) is 11.9 Å². The van der Waals surface area contributed by atoms with E-state index in [-0.39, 0.29) is 22.0 Å². The van der Waals surface area contributed by atoms with Crippen molar-refractivity contribution in [1.82, 2.24) is 10.1 Å². The molecule has 2 N–H and O–H groups in total. The standard InChI is InChI=1S/C13H13F2N3O/c14-11-12(17-8-5-6-16-7-8)9-3-1-2-4-10(9)18(15)13(11)19/h1-4,8,16-17H,5-7H2. The zero-order chi connectivity index (χ0) is 13.4. The molecule has 0 bridgehead atoms. The fraction of sp³-hybridized carbons (Fsp3) is 0.308. The van der Waals surface area contributed by atoms with Gasteiger partial charge >= 0.3 is 5.56 Å². The molecule has 4 nitrogen and oxygen atoms in total. The number of nitrogens with zero attached hydrogens (tertiary/aromatic N) is 1. The molecule has 0 spiro atoms. The average Bonchev–Trinajstić information content (AvgIpc) is 2.94. The van der Waals surface area contributed by atoms with Crippen LogP contribution in [0, 0.1) is 5.82 Å². The molecule has 1 aromatic carbocycles. The van der Waals surface area contributed by atoms with Crippen LogP contribution in [0.15, 0.2) is 29.1 Å². The van der Waals surface area contributed by atoms with Crippen molar-refractivity contribution in [2.24, 2.45) is 0 Å². The maximum absolute atomic E-state index is 14.0. The molecule has 100 valence electrons. The van der Waals surface area contributed by atoms with Crippen LogP contribution in [-0.4, -0.2) is 23.9 Å². The fourth-order valence-corrected chi connectivity index (χ4v) is 2.40. The van der Waals surface area contributed by atoms with E-state index in [4.69, 9.17) is 0 Å². The van der Waals surface area contributed by atoms with Gasteiger partial charge in [0.15, 0.2) is 0 Å². The predicted octanol–water partition coefficient (Wildman–Crippen LogP) is 1.65. The number of aromatic nitrogens is 1. The van der Waals surface area contributed by atoms with Gasteiger partial charge in [-0.15, -0.1) is 4.79 Å². The predicted molar refractivity (Wildman–Crippen MR) is 69.6 cm³/mol. The van der Waals surface area contributed by atoms with E-state index in [2.05, 4.69) is 10.6 Å². The maximum Gasteiger partial charge on any atom is 0.317 e. The Kier molecular flexibility index (Phi) is 2.94. The van der Waals surface area contributed by atoms with Gasteiger partial charge in [-0.1, -0.05) is 22.7 Å². The molecule has 19 heavy (non-hydrogen) atoms. The van der Waals surface area contributed by atoms with Gasteiger partial charge in [-0.25, -0.2) is 0 Å². The van der Waals surface area contributed by atoms with Crippen LogP contribution in [-0.2, 0) is 0 Å². The SMILES string of the molecule is O=c1c(F)c(NC2CCNC2)c2ccccc2n1F. The number of pyridine rings is 1. The third-order valence-corrected chi connectivity index (χ3v) is 3.38. The first-order chi connectivity index (χ1) is 9.18. The Balaban J connectivity index is 2.18. The van der Waals surface area contributed by atoms with Gasteiger partial charge in [-0.2, -0.15) is 4.39 Å². The monoisotopic (exact) mass is 265 g/mol. The number of hydrogen-bond acceptors (Lipinski definition) is 3. The topological polar surface area (TPSA) is 46.1 Å². The molecular formula is C13H13F2N3O. The lowest BCUT2D eigenvalue weighted by molar-refractivity contribution is 0.359. The molecule has 1 atom stereocenters. The number of halogens is 2. The van der Waals surface area contributed by atoms with Crippen LogP contribution in [0.3, 0.4) is 0 Å². The Morgan fingerprint density at radius 1 is 1.37 bits per heavy atom. The molecule has 0 saturated carbocycles. The lowest BCUT2D eigenvalue weighted by Crippen LogP contribution is -2.26. The Morgan fingerprint density at radius 2 is 2.16 bits per heavy atom. The van der Waals surface area contributed by atoms with Gasteiger partial charge in [0, 0.05) is 18.0 Å². The molecule has 0 aliphatic carbocycles. The van der Waals surface area contributed by atoms with Crippen LogP contribution in [0.4, 0.5) is 14.6 Å². The first kappa shape index (κ1) is 12.1. The van der Waals surface area contributed by atoms with E-state index < -0.39 is 11.4 Å². The fourth-order valence-electron chi connectivity index (χ4n) is 2.40. The second-order valence-corrected chi connectivity index (χ2v) is 4.63. The van der Waals surface area contributed by atoms with Crippen LogP contribution < -0.4 is 16.2 Å².